The summed E-state index contributed by atoms with van der Waals surface area (Å²) < 4.78 is 0.680. The van der Waals surface area contributed by atoms with Crippen LogP contribution in [0.5, 0.6) is 0 Å². The smallest absolute Gasteiger partial charge is 0.139 e. The summed E-state index contributed by atoms with van der Waals surface area (Å²) in [5.41, 5.74) is 2.33. The molecule has 0 spiro atoms. The Morgan fingerprint density at radius 1 is 1.19 bits per heavy atom. The Morgan fingerprint density at radius 3 is 2.62 bits per heavy atom. The topological polar surface area (TPSA) is 28.7 Å². The molecule has 0 unspecified atom stereocenters. The predicted molar refractivity (Wildman–Crippen MR) is 66.8 cm³/mol. The minimum atomic E-state index is 0.673. The van der Waals surface area contributed by atoms with E-state index in [4.69, 9.17) is 12.2 Å². The summed E-state index contributed by atoms with van der Waals surface area (Å²) in [7, 11) is 0. The van der Waals surface area contributed by atoms with Gasteiger partial charge in [-0.25, -0.2) is 4.98 Å². The molecule has 1 aliphatic carbocycles. The fourth-order valence-corrected chi connectivity index (χ4v) is 2.04. The normalized spacial score (nSPS) is 15.0. The number of nitrogens with zero attached hydrogens (tertiary/aromatic N) is 1. The van der Waals surface area contributed by atoms with Gasteiger partial charge in [-0.1, -0.05) is 42.5 Å². The van der Waals surface area contributed by atoms with Gasteiger partial charge in [-0.3, -0.25) is 0 Å². The lowest BCUT2D eigenvalue weighted by Gasteiger charge is -2.04. The Labute approximate surface area is 99.4 Å². The molecule has 16 heavy (non-hydrogen) atoms. The third kappa shape index (κ3) is 1.91. The monoisotopic (exact) mass is 228 g/mol. The predicted octanol–water partition coefficient (Wildman–Crippen LogP) is 3.68. The van der Waals surface area contributed by atoms with E-state index in [9.17, 15) is 0 Å². The van der Waals surface area contributed by atoms with Crippen molar-refractivity contribution in [3.63, 3.8) is 0 Å². The fraction of sp³-hybridized carbons (Fsp3) is 0.231. The zero-order valence-corrected chi connectivity index (χ0v) is 9.63. The molecule has 0 bridgehead atoms. The first-order valence-corrected chi connectivity index (χ1v) is 5.90. The molecule has 1 heterocycles. The molecule has 0 aliphatic heterocycles. The molecule has 3 heteroatoms. The van der Waals surface area contributed by atoms with Gasteiger partial charge in [-0.05, 0) is 24.8 Å². The Hall–Kier alpha value is -1.48. The maximum atomic E-state index is 5.20. The first-order valence-electron chi connectivity index (χ1n) is 5.49. The van der Waals surface area contributed by atoms with Crippen LogP contribution >= 0.6 is 12.2 Å². The van der Waals surface area contributed by atoms with Crippen LogP contribution in [0.3, 0.4) is 0 Å². The highest BCUT2D eigenvalue weighted by Crippen LogP contribution is 2.39. The van der Waals surface area contributed by atoms with Crippen molar-refractivity contribution < 1.29 is 0 Å². The van der Waals surface area contributed by atoms with Crippen molar-refractivity contribution in [2.75, 3.05) is 0 Å². The average molecular weight is 228 g/mol. The van der Waals surface area contributed by atoms with Crippen LogP contribution in [0.25, 0.3) is 11.4 Å². The van der Waals surface area contributed by atoms with Crippen LogP contribution in [0.4, 0.5) is 0 Å². The molecule has 2 nitrogen and oxygen atoms in total. The first kappa shape index (κ1) is 9.73. The zero-order chi connectivity index (χ0) is 11.0. The van der Waals surface area contributed by atoms with E-state index in [2.05, 4.69) is 9.97 Å². The molecule has 1 N–H and O–H groups in total. The molecular formula is C13H12N2S. The number of H-pyrrole nitrogens is 1. The fourth-order valence-electron chi connectivity index (χ4n) is 1.82. The van der Waals surface area contributed by atoms with Crippen LogP contribution in [0.15, 0.2) is 36.4 Å². The second kappa shape index (κ2) is 3.83. The molecule has 80 valence electrons. The van der Waals surface area contributed by atoms with Gasteiger partial charge in [0.25, 0.3) is 0 Å². The molecule has 2 aromatic rings. The minimum absolute atomic E-state index is 0.673. The van der Waals surface area contributed by atoms with Gasteiger partial charge in [-0.15, -0.1) is 0 Å². The van der Waals surface area contributed by atoms with E-state index in [1.807, 2.05) is 36.4 Å². The van der Waals surface area contributed by atoms with Crippen molar-refractivity contribution in [3.05, 3.63) is 46.7 Å². The Balaban J connectivity index is 2.10. The van der Waals surface area contributed by atoms with Gasteiger partial charge in [0.2, 0.25) is 0 Å². The van der Waals surface area contributed by atoms with Crippen molar-refractivity contribution in [1.82, 2.24) is 9.97 Å². The highest BCUT2D eigenvalue weighted by Gasteiger charge is 2.24. The van der Waals surface area contributed by atoms with E-state index in [1.165, 1.54) is 18.5 Å². The Bertz CT molecular complexity index is 556. The Morgan fingerprint density at radius 2 is 1.94 bits per heavy atom. The Kier molecular flexibility index (Phi) is 2.33. The van der Waals surface area contributed by atoms with E-state index >= 15 is 0 Å². The quantitative estimate of drug-likeness (QED) is 0.794. The van der Waals surface area contributed by atoms with Crippen LogP contribution in [-0.2, 0) is 0 Å². The highest BCUT2D eigenvalue weighted by atomic mass is 32.1. The molecule has 1 aromatic carbocycles. The van der Waals surface area contributed by atoms with E-state index in [0.29, 0.717) is 10.6 Å². The van der Waals surface area contributed by atoms with E-state index in [-0.39, 0.29) is 0 Å². The molecule has 1 aromatic heterocycles. The van der Waals surface area contributed by atoms with Crippen molar-refractivity contribution in [2.24, 2.45) is 0 Å². The molecular weight excluding hydrogens is 216 g/mol. The van der Waals surface area contributed by atoms with E-state index in [0.717, 1.165) is 11.4 Å². The molecule has 0 atom stereocenters. The molecule has 0 amide bonds. The van der Waals surface area contributed by atoms with Gasteiger partial charge < -0.3 is 4.98 Å². The summed E-state index contributed by atoms with van der Waals surface area (Å²) in [6, 6.07) is 12.1. The van der Waals surface area contributed by atoms with Crippen molar-refractivity contribution in [1.29, 1.82) is 0 Å². The van der Waals surface area contributed by atoms with Gasteiger partial charge in [-0.2, -0.15) is 0 Å². The summed E-state index contributed by atoms with van der Waals surface area (Å²) in [4.78, 5) is 7.76. The summed E-state index contributed by atoms with van der Waals surface area (Å²) in [5.74, 6) is 1.56. The van der Waals surface area contributed by atoms with Gasteiger partial charge in [0.05, 0.1) is 0 Å². The minimum Gasteiger partial charge on any atom is -0.343 e. The number of aromatic nitrogens is 2. The van der Waals surface area contributed by atoms with Crippen molar-refractivity contribution >= 4 is 12.2 Å². The number of hydrogen-bond donors (Lipinski definition) is 1. The van der Waals surface area contributed by atoms with Gasteiger partial charge in [0.1, 0.15) is 10.5 Å². The second-order valence-corrected chi connectivity index (χ2v) is 4.58. The molecule has 1 fully saturated rings. The zero-order valence-electron chi connectivity index (χ0n) is 8.81. The summed E-state index contributed by atoms with van der Waals surface area (Å²) in [6.07, 6.45) is 2.53. The van der Waals surface area contributed by atoms with E-state index in [1.54, 1.807) is 0 Å². The van der Waals surface area contributed by atoms with Crippen LogP contribution in [0, 0.1) is 4.64 Å². The first-order chi connectivity index (χ1) is 7.83. The lowest BCUT2D eigenvalue weighted by molar-refractivity contribution is 0.988. The van der Waals surface area contributed by atoms with Crippen LogP contribution in [0.1, 0.15) is 24.5 Å². The van der Waals surface area contributed by atoms with Gasteiger partial charge >= 0.3 is 0 Å². The average Bonchev–Trinajstić information content (AvgIpc) is 3.13. The lowest BCUT2D eigenvalue weighted by atomic mass is 10.2. The van der Waals surface area contributed by atoms with Crippen molar-refractivity contribution in [2.45, 2.75) is 18.8 Å². The molecule has 0 radical (unpaired) electrons. The van der Waals surface area contributed by atoms with E-state index < -0.39 is 0 Å². The van der Waals surface area contributed by atoms with Crippen LogP contribution in [0.2, 0.25) is 0 Å². The maximum Gasteiger partial charge on any atom is 0.139 e. The third-order valence-electron chi connectivity index (χ3n) is 2.83. The standard InChI is InChI=1S/C13H12N2S/c16-12-8-11(9-6-7-9)14-13(15-12)10-4-2-1-3-5-10/h1-5,8-9H,6-7H2,(H,14,15,16). The largest absolute Gasteiger partial charge is 0.343 e. The third-order valence-corrected chi connectivity index (χ3v) is 3.04. The van der Waals surface area contributed by atoms with Crippen LogP contribution in [-0.4, -0.2) is 9.97 Å². The molecule has 3 rings (SSSR count). The molecule has 1 saturated carbocycles. The lowest BCUT2D eigenvalue weighted by Crippen LogP contribution is -1.94. The number of benzene rings is 1. The number of hydrogen-bond acceptors (Lipinski definition) is 2. The SMILES string of the molecule is S=c1cc(C2CC2)[nH]c(-c2ccccc2)n1. The number of aromatic amines is 1. The number of nitrogens with one attached hydrogen (secondary N) is 1. The highest BCUT2D eigenvalue weighted by molar-refractivity contribution is 7.71. The molecule has 1 aliphatic rings. The summed E-state index contributed by atoms with van der Waals surface area (Å²) in [5, 5.41) is 0. The van der Waals surface area contributed by atoms with Crippen LogP contribution < -0.4 is 0 Å². The summed E-state index contributed by atoms with van der Waals surface area (Å²) in [6.45, 7) is 0. The number of rotatable bonds is 2. The molecule has 0 saturated heterocycles. The second-order valence-electron chi connectivity index (χ2n) is 4.16. The maximum absolute atomic E-state index is 5.20. The summed E-state index contributed by atoms with van der Waals surface area (Å²) >= 11 is 5.20. The van der Waals surface area contributed by atoms with Gasteiger partial charge in [0.15, 0.2) is 0 Å². The van der Waals surface area contributed by atoms with Gasteiger partial charge in [0, 0.05) is 11.3 Å². The van der Waals surface area contributed by atoms with Crippen molar-refractivity contribution in [3.8, 4) is 11.4 Å².